The fourth-order valence-corrected chi connectivity index (χ4v) is 2.02. The summed E-state index contributed by atoms with van der Waals surface area (Å²) in [5.41, 5.74) is 0.457. The maximum atomic E-state index is 13.1. The second-order valence-electron chi connectivity index (χ2n) is 4.21. The second kappa shape index (κ2) is 6.45. The lowest BCUT2D eigenvalue weighted by Gasteiger charge is -2.14. The molecule has 0 spiro atoms. The Morgan fingerprint density at radius 2 is 2.10 bits per heavy atom. The predicted octanol–water partition coefficient (Wildman–Crippen LogP) is 3.76. The van der Waals surface area contributed by atoms with Gasteiger partial charge in [0.2, 0.25) is 0 Å². The van der Waals surface area contributed by atoms with Gasteiger partial charge in [0, 0.05) is 11.1 Å². The Bertz CT molecular complexity index is 673. The van der Waals surface area contributed by atoms with E-state index in [1.165, 1.54) is 31.4 Å². The summed E-state index contributed by atoms with van der Waals surface area (Å²) in [6.07, 6.45) is 0. The van der Waals surface area contributed by atoms with E-state index in [1.807, 2.05) is 0 Å². The number of halogens is 2. The van der Waals surface area contributed by atoms with Gasteiger partial charge in [0.05, 0.1) is 7.11 Å². The molecule has 2 aromatic rings. The Morgan fingerprint density at radius 3 is 2.71 bits per heavy atom. The first kappa shape index (κ1) is 15.1. The zero-order chi connectivity index (χ0) is 15.4. The number of benzene rings is 2. The van der Waals surface area contributed by atoms with Crippen molar-refractivity contribution in [2.24, 2.45) is 0 Å². The maximum absolute atomic E-state index is 13.1. The molecule has 0 bridgehead atoms. The van der Waals surface area contributed by atoms with Crippen molar-refractivity contribution in [2.45, 2.75) is 6.61 Å². The molecule has 0 aromatic heterocycles. The lowest BCUT2D eigenvalue weighted by Crippen LogP contribution is -2.05. The van der Waals surface area contributed by atoms with Gasteiger partial charge in [0.1, 0.15) is 18.0 Å². The minimum absolute atomic E-state index is 0.00995. The number of carboxylic acid groups (broad SMARTS) is 1. The van der Waals surface area contributed by atoms with Crippen molar-refractivity contribution in [3.05, 3.63) is 58.4 Å². The van der Waals surface area contributed by atoms with Gasteiger partial charge in [-0.15, -0.1) is 0 Å². The first-order chi connectivity index (χ1) is 10.0. The second-order valence-corrected chi connectivity index (χ2v) is 4.64. The summed E-state index contributed by atoms with van der Waals surface area (Å²) < 4.78 is 23.7. The molecule has 0 aliphatic carbocycles. The number of carboxylic acids is 1. The predicted molar refractivity (Wildman–Crippen MR) is 75.7 cm³/mol. The van der Waals surface area contributed by atoms with E-state index in [0.29, 0.717) is 5.56 Å². The van der Waals surface area contributed by atoms with E-state index in [-0.39, 0.29) is 28.7 Å². The third-order valence-electron chi connectivity index (χ3n) is 2.74. The van der Waals surface area contributed by atoms with Gasteiger partial charge in [-0.25, -0.2) is 9.18 Å². The normalized spacial score (nSPS) is 10.2. The summed E-state index contributed by atoms with van der Waals surface area (Å²) in [5.74, 6) is -1.32. The molecule has 0 aliphatic rings. The Labute approximate surface area is 125 Å². The van der Waals surface area contributed by atoms with Crippen LogP contribution in [0, 0.1) is 5.82 Å². The van der Waals surface area contributed by atoms with Gasteiger partial charge in [-0.2, -0.15) is 0 Å². The van der Waals surface area contributed by atoms with Crippen molar-refractivity contribution in [3.63, 3.8) is 0 Å². The monoisotopic (exact) mass is 310 g/mol. The van der Waals surface area contributed by atoms with Gasteiger partial charge in [0.15, 0.2) is 11.5 Å². The van der Waals surface area contributed by atoms with E-state index in [1.54, 1.807) is 12.1 Å². The standard InChI is InChI=1S/C15H12ClFO4/c1-20-13-7-10(16)6-12(15(18)19)14(13)21-8-9-3-2-4-11(17)5-9/h2-7H,8H2,1H3,(H,18,19). The minimum atomic E-state index is -1.19. The zero-order valence-corrected chi connectivity index (χ0v) is 11.9. The number of carbonyl (C=O) groups is 1. The summed E-state index contributed by atoms with van der Waals surface area (Å²) in [6, 6.07) is 8.57. The van der Waals surface area contributed by atoms with Crippen molar-refractivity contribution in [1.82, 2.24) is 0 Å². The van der Waals surface area contributed by atoms with Gasteiger partial charge in [-0.3, -0.25) is 0 Å². The van der Waals surface area contributed by atoms with Crippen molar-refractivity contribution >= 4 is 17.6 Å². The number of methoxy groups -OCH3 is 1. The molecule has 0 saturated heterocycles. The molecule has 21 heavy (non-hydrogen) atoms. The van der Waals surface area contributed by atoms with Crippen LogP contribution in [-0.2, 0) is 6.61 Å². The molecule has 0 radical (unpaired) electrons. The lowest BCUT2D eigenvalue weighted by atomic mass is 10.2. The summed E-state index contributed by atoms with van der Waals surface area (Å²) in [5, 5.41) is 9.42. The highest BCUT2D eigenvalue weighted by Crippen LogP contribution is 2.35. The first-order valence-electron chi connectivity index (χ1n) is 5.99. The molecule has 0 aliphatic heterocycles. The molecular formula is C15H12ClFO4. The first-order valence-corrected chi connectivity index (χ1v) is 6.37. The van der Waals surface area contributed by atoms with Gasteiger partial charge in [-0.1, -0.05) is 23.7 Å². The summed E-state index contributed by atoms with van der Waals surface area (Å²) in [4.78, 5) is 11.3. The Balaban J connectivity index is 2.32. The average molecular weight is 311 g/mol. The molecule has 0 amide bonds. The zero-order valence-electron chi connectivity index (χ0n) is 11.1. The molecule has 1 N–H and O–H groups in total. The molecular weight excluding hydrogens is 299 g/mol. The van der Waals surface area contributed by atoms with Crippen molar-refractivity contribution in [2.75, 3.05) is 7.11 Å². The Kier molecular flexibility index (Phi) is 4.65. The molecule has 6 heteroatoms. The van der Waals surface area contributed by atoms with Crippen LogP contribution < -0.4 is 9.47 Å². The SMILES string of the molecule is COc1cc(Cl)cc(C(=O)O)c1OCc1cccc(F)c1. The average Bonchev–Trinajstić information content (AvgIpc) is 2.45. The van der Waals surface area contributed by atoms with Gasteiger partial charge in [-0.05, 0) is 23.8 Å². The van der Waals surface area contributed by atoms with E-state index >= 15 is 0 Å². The Morgan fingerprint density at radius 1 is 1.33 bits per heavy atom. The van der Waals surface area contributed by atoms with E-state index in [2.05, 4.69) is 0 Å². The maximum Gasteiger partial charge on any atom is 0.339 e. The van der Waals surface area contributed by atoms with Crippen molar-refractivity contribution in [3.8, 4) is 11.5 Å². The molecule has 2 aromatic carbocycles. The number of rotatable bonds is 5. The topological polar surface area (TPSA) is 55.8 Å². The quantitative estimate of drug-likeness (QED) is 0.913. The number of hydrogen-bond acceptors (Lipinski definition) is 3. The molecule has 0 unspecified atom stereocenters. The number of ether oxygens (including phenoxy) is 2. The highest BCUT2D eigenvalue weighted by atomic mass is 35.5. The Hall–Kier alpha value is -2.27. The van der Waals surface area contributed by atoms with Crippen LogP contribution in [0.4, 0.5) is 4.39 Å². The van der Waals surface area contributed by atoms with Crippen LogP contribution in [0.25, 0.3) is 0 Å². The molecule has 0 saturated carbocycles. The number of hydrogen-bond donors (Lipinski definition) is 1. The van der Waals surface area contributed by atoms with Gasteiger partial charge < -0.3 is 14.6 Å². The van der Waals surface area contributed by atoms with Crippen LogP contribution in [0.1, 0.15) is 15.9 Å². The smallest absolute Gasteiger partial charge is 0.339 e. The third-order valence-corrected chi connectivity index (χ3v) is 2.96. The van der Waals surface area contributed by atoms with Crippen LogP contribution in [0.3, 0.4) is 0 Å². The minimum Gasteiger partial charge on any atom is -0.493 e. The number of aromatic carboxylic acids is 1. The van der Waals surface area contributed by atoms with Crippen LogP contribution in [-0.4, -0.2) is 18.2 Å². The van der Waals surface area contributed by atoms with E-state index in [0.717, 1.165) is 0 Å². The highest BCUT2D eigenvalue weighted by molar-refractivity contribution is 6.31. The molecule has 110 valence electrons. The van der Waals surface area contributed by atoms with E-state index < -0.39 is 11.8 Å². The van der Waals surface area contributed by atoms with Crippen LogP contribution in [0.15, 0.2) is 36.4 Å². The van der Waals surface area contributed by atoms with Crippen LogP contribution in [0.5, 0.6) is 11.5 Å². The molecule has 2 rings (SSSR count). The fourth-order valence-electron chi connectivity index (χ4n) is 1.81. The highest BCUT2D eigenvalue weighted by Gasteiger charge is 2.18. The van der Waals surface area contributed by atoms with Crippen LogP contribution in [0.2, 0.25) is 5.02 Å². The van der Waals surface area contributed by atoms with Gasteiger partial charge in [0.25, 0.3) is 0 Å². The molecule has 0 heterocycles. The summed E-state index contributed by atoms with van der Waals surface area (Å²) in [6.45, 7) is 0.00995. The van der Waals surface area contributed by atoms with Crippen LogP contribution >= 0.6 is 11.6 Å². The fraction of sp³-hybridized carbons (Fsp3) is 0.133. The summed E-state index contributed by atoms with van der Waals surface area (Å²) >= 11 is 5.83. The largest absolute Gasteiger partial charge is 0.493 e. The third kappa shape index (κ3) is 3.64. The molecule has 0 fully saturated rings. The molecule has 0 atom stereocenters. The summed E-state index contributed by atoms with van der Waals surface area (Å²) in [7, 11) is 1.38. The van der Waals surface area contributed by atoms with Gasteiger partial charge >= 0.3 is 5.97 Å². The lowest BCUT2D eigenvalue weighted by molar-refractivity contribution is 0.0691. The van der Waals surface area contributed by atoms with Crippen molar-refractivity contribution in [1.29, 1.82) is 0 Å². The molecule has 4 nitrogen and oxygen atoms in total. The van der Waals surface area contributed by atoms with E-state index in [4.69, 9.17) is 21.1 Å². The van der Waals surface area contributed by atoms with Crippen molar-refractivity contribution < 1.29 is 23.8 Å². The van der Waals surface area contributed by atoms with E-state index in [9.17, 15) is 14.3 Å².